The molecule has 1 heterocycles. The molecule has 1 atom stereocenters. The Labute approximate surface area is 152 Å². The van der Waals surface area contributed by atoms with E-state index in [1.807, 2.05) is 24.3 Å². The summed E-state index contributed by atoms with van der Waals surface area (Å²) in [7, 11) is 1.50. The number of benzene rings is 2. The lowest BCUT2D eigenvalue weighted by Gasteiger charge is -2.23. The fraction of sp³-hybridized carbons (Fsp3) is 0.286. The highest BCUT2D eigenvalue weighted by molar-refractivity contribution is 6.08. The number of allylic oxidation sites excluding steroid dienone is 1. The van der Waals surface area contributed by atoms with E-state index < -0.39 is 0 Å². The number of aromatic hydroxyl groups is 1. The molecular formula is C21H22O5. The van der Waals surface area contributed by atoms with Gasteiger partial charge in [-0.1, -0.05) is 18.2 Å². The van der Waals surface area contributed by atoms with Gasteiger partial charge in [0.05, 0.1) is 19.3 Å². The monoisotopic (exact) mass is 354 g/mol. The van der Waals surface area contributed by atoms with Crippen molar-refractivity contribution >= 4 is 11.9 Å². The zero-order valence-corrected chi connectivity index (χ0v) is 14.7. The van der Waals surface area contributed by atoms with Gasteiger partial charge in [-0.05, 0) is 48.7 Å². The minimum atomic E-state index is -0.285. The standard InChI is InChI=1S/C21H22O5/c1-24-16-9-10-18(20(23)14-16)19(22)11-8-15-5-4-6-17(13-15)26-21-7-2-3-12-25-21/h4-6,8-11,13-14,21,23H,2-3,7,12H2,1H3. The molecule has 0 spiro atoms. The molecule has 136 valence electrons. The summed E-state index contributed by atoms with van der Waals surface area (Å²) in [5.41, 5.74) is 1.06. The van der Waals surface area contributed by atoms with E-state index in [4.69, 9.17) is 14.2 Å². The van der Waals surface area contributed by atoms with Crippen molar-refractivity contribution in [3.05, 3.63) is 59.7 Å². The number of ketones is 1. The van der Waals surface area contributed by atoms with E-state index in [0.717, 1.165) is 31.4 Å². The minimum Gasteiger partial charge on any atom is -0.507 e. The molecule has 1 aliphatic heterocycles. The maximum atomic E-state index is 12.3. The van der Waals surface area contributed by atoms with E-state index in [1.54, 1.807) is 18.2 Å². The highest BCUT2D eigenvalue weighted by Gasteiger charge is 2.15. The first-order valence-electron chi connectivity index (χ1n) is 8.63. The summed E-state index contributed by atoms with van der Waals surface area (Å²) < 4.78 is 16.4. The van der Waals surface area contributed by atoms with Crippen LogP contribution in [-0.2, 0) is 4.74 Å². The quantitative estimate of drug-likeness (QED) is 0.622. The average molecular weight is 354 g/mol. The molecule has 2 aromatic rings. The second-order valence-corrected chi connectivity index (χ2v) is 6.07. The Morgan fingerprint density at radius 3 is 2.81 bits per heavy atom. The van der Waals surface area contributed by atoms with Gasteiger partial charge < -0.3 is 19.3 Å². The molecule has 1 aliphatic rings. The van der Waals surface area contributed by atoms with E-state index in [9.17, 15) is 9.90 Å². The number of carbonyl (C=O) groups excluding carboxylic acids is 1. The van der Waals surface area contributed by atoms with Gasteiger partial charge in [0.25, 0.3) is 0 Å². The molecule has 0 amide bonds. The second kappa shape index (κ2) is 8.54. The van der Waals surface area contributed by atoms with Gasteiger partial charge in [0.1, 0.15) is 17.2 Å². The van der Waals surface area contributed by atoms with Crippen LogP contribution in [0.2, 0.25) is 0 Å². The van der Waals surface area contributed by atoms with E-state index in [1.165, 1.54) is 19.3 Å². The second-order valence-electron chi connectivity index (χ2n) is 6.07. The summed E-state index contributed by atoms with van der Waals surface area (Å²) in [5, 5.41) is 9.95. The van der Waals surface area contributed by atoms with Gasteiger partial charge in [-0.3, -0.25) is 4.79 Å². The molecule has 26 heavy (non-hydrogen) atoms. The van der Waals surface area contributed by atoms with Crippen LogP contribution in [-0.4, -0.2) is 30.9 Å². The molecule has 1 unspecified atom stereocenters. The number of ether oxygens (including phenoxy) is 3. The van der Waals surface area contributed by atoms with Crippen molar-refractivity contribution < 1.29 is 24.1 Å². The van der Waals surface area contributed by atoms with Crippen LogP contribution in [0, 0.1) is 0 Å². The van der Waals surface area contributed by atoms with Gasteiger partial charge in [-0.25, -0.2) is 0 Å². The van der Waals surface area contributed by atoms with Gasteiger partial charge >= 0.3 is 0 Å². The lowest BCUT2D eigenvalue weighted by molar-refractivity contribution is -0.105. The van der Waals surface area contributed by atoms with Gasteiger partial charge in [0, 0.05) is 12.5 Å². The predicted octanol–water partition coefficient (Wildman–Crippen LogP) is 4.20. The van der Waals surface area contributed by atoms with Crippen LogP contribution in [0.25, 0.3) is 6.08 Å². The first kappa shape index (κ1) is 18.0. The first-order chi connectivity index (χ1) is 12.7. The number of methoxy groups -OCH3 is 1. The SMILES string of the molecule is COc1ccc(C(=O)C=Cc2cccc(OC3CCCCO3)c2)c(O)c1. The van der Waals surface area contributed by atoms with Gasteiger partial charge in [0.2, 0.25) is 0 Å². The summed E-state index contributed by atoms with van der Waals surface area (Å²) in [5.74, 6) is 0.814. The number of phenols is 1. The number of rotatable bonds is 6. The van der Waals surface area contributed by atoms with Crippen LogP contribution in [0.1, 0.15) is 35.2 Å². The summed E-state index contributed by atoms with van der Waals surface area (Å²) in [4.78, 5) is 12.3. The summed E-state index contributed by atoms with van der Waals surface area (Å²) in [6, 6.07) is 12.1. The molecular weight excluding hydrogens is 332 g/mol. The zero-order chi connectivity index (χ0) is 18.4. The van der Waals surface area contributed by atoms with Crippen LogP contribution >= 0.6 is 0 Å². The normalized spacial score (nSPS) is 17.2. The summed E-state index contributed by atoms with van der Waals surface area (Å²) in [6.45, 7) is 0.726. The largest absolute Gasteiger partial charge is 0.507 e. The van der Waals surface area contributed by atoms with Crippen molar-refractivity contribution in [3.8, 4) is 17.2 Å². The number of hydrogen-bond acceptors (Lipinski definition) is 5. The van der Waals surface area contributed by atoms with Crippen molar-refractivity contribution in [2.24, 2.45) is 0 Å². The third-order valence-electron chi connectivity index (χ3n) is 4.16. The van der Waals surface area contributed by atoms with Crippen molar-refractivity contribution in [2.75, 3.05) is 13.7 Å². The molecule has 1 N–H and O–H groups in total. The first-order valence-corrected chi connectivity index (χ1v) is 8.63. The maximum absolute atomic E-state index is 12.3. The van der Waals surface area contributed by atoms with Gasteiger partial charge in [-0.15, -0.1) is 0 Å². The maximum Gasteiger partial charge on any atom is 0.199 e. The molecule has 3 rings (SSSR count). The van der Waals surface area contributed by atoms with Crippen molar-refractivity contribution in [1.29, 1.82) is 0 Å². The molecule has 2 aromatic carbocycles. The van der Waals surface area contributed by atoms with E-state index in [0.29, 0.717) is 11.5 Å². The third-order valence-corrected chi connectivity index (χ3v) is 4.16. The third kappa shape index (κ3) is 4.64. The van der Waals surface area contributed by atoms with Crippen LogP contribution in [0.15, 0.2) is 48.5 Å². The molecule has 0 radical (unpaired) electrons. The zero-order valence-electron chi connectivity index (χ0n) is 14.7. The predicted molar refractivity (Wildman–Crippen MR) is 98.7 cm³/mol. The fourth-order valence-corrected chi connectivity index (χ4v) is 2.76. The molecule has 0 aliphatic carbocycles. The lowest BCUT2D eigenvalue weighted by Crippen LogP contribution is -2.24. The van der Waals surface area contributed by atoms with Crippen LogP contribution in [0.5, 0.6) is 17.2 Å². The van der Waals surface area contributed by atoms with Crippen LogP contribution in [0.3, 0.4) is 0 Å². The molecule has 0 saturated carbocycles. The molecule has 0 aromatic heterocycles. The minimum absolute atomic E-state index is 0.106. The molecule has 0 bridgehead atoms. The van der Waals surface area contributed by atoms with E-state index in [-0.39, 0.29) is 23.4 Å². The fourth-order valence-electron chi connectivity index (χ4n) is 2.76. The average Bonchev–Trinajstić information content (AvgIpc) is 2.67. The number of hydrogen-bond donors (Lipinski definition) is 1. The Morgan fingerprint density at radius 1 is 1.19 bits per heavy atom. The summed E-state index contributed by atoms with van der Waals surface area (Å²) in [6.07, 6.45) is 5.97. The van der Waals surface area contributed by atoms with Crippen molar-refractivity contribution in [3.63, 3.8) is 0 Å². The Balaban J connectivity index is 1.68. The lowest BCUT2D eigenvalue weighted by atomic mass is 10.1. The Hall–Kier alpha value is -2.79. The molecule has 1 fully saturated rings. The number of phenolic OH excluding ortho intramolecular Hbond substituents is 1. The van der Waals surface area contributed by atoms with E-state index >= 15 is 0 Å². The van der Waals surface area contributed by atoms with Gasteiger partial charge in [0.15, 0.2) is 12.1 Å². The molecule has 5 heteroatoms. The van der Waals surface area contributed by atoms with E-state index in [2.05, 4.69) is 0 Å². The Morgan fingerprint density at radius 2 is 2.08 bits per heavy atom. The highest BCUT2D eigenvalue weighted by Crippen LogP contribution is 2.25. The Bertz CT molecular complexity index is 791. The number of carbonyl (C=O) groups is 1. The highest BCUT2D eigenvalue weighted by atomic mass is 16.7. The Kier molecular flexibility index (Phi) is 5.92. The van der Waals surface area contributed by atoms with Crippen molar-refractivity contribution in [1.82, 2.24) is 0 Å². The summed E-state index contributed by atoms with van der Waals surface area (Å²) >= 11 is 0. The topological polar surface area (TPSA) is 65.0 Å². The van der Waals surface area contributed by atoms with Gasteiger partial charge in [-0.2, -0.15) is 0 Å². The van der Waals surface area contributed by atoms with Crippen molar-refractivity contribution in [2.45, 2.75) is 25.6 Å². The van der Waals surface area contributed by atoms with Crippen LogP contribution in [0.4, 0.5) is 0 Å². The van der Waals surface area contributed by atoms with Crippen LogP contribution < -0.4 is 9.47 Å². The smallest absolute Gasteiger partial charge is 0.199 e. The molecule has 5 nitrogen and oxygen atoms in total. The molecule has 1 saturated heterocycles.